The summed E-state index contributed by atoms with van der Waals surface area (Å²) in [6, 6.07) is 7.49. The molecule has 0 amide bonds. The van der Waals surface area contributed by atoms with Crippen molar-refractivity contribution in [3.8, 4) is 0 Å². The Morgan fingerprint density at radius 3 is 2.37 bits per heavy atom. The second-order valence-electron chi connectivity index (χ2n) is 6.92. The first-order valence-electron chi connectivity index (χ1n) is 9.80. The van der Waals surface area contributed by atoms with Crippen molar-refractivity contribution in [2.45, 2.75) is 70.8 Å². The van der Waals surface area contributed by atoms with E-state index in [-0.39, 0.29) is 12.2 Å². The fraction of sp³-hybridized carbons (Fsp3) is 0.650. The summed E-state index contributed by atoms with van der Waals surface area (Å²) in [5, 5.41) is 18.6. The van der Waals surface area contributed by atoms with Crippen LogP contribution in [0.3, 0.4) is 0 Å². The Morgan fingerprint density at radius 1 is 1.07 bits per heavy atom. The van der Waals surface area contributed by atoms with Crippen molar-refractivity contribution < 1.29 is 23.4 Å². The minimum absolute atomic E-state index is 0.0315. The molecule has 154 valence electrons. The molecule has 0 fully saturated rings. The summed E-state index contributed by atoms with van der Waals surface area (Å²) in [6.07, 6.45) is 5.86. The molecule has 0 aliphatic rings. The maximum Gasteiger partial charge on any atom is 0.303 e. The van der Waals surface area contributed by atoms with Crippen LogP contribution < -0.4 is 4.72 Å². The molecule has 0 aromatic heterocycles. The van der Waals surface area contributed by atoms with Crippen LogP contribution in [0.15, 0.2) is 24.3 Å². The van der Waals surface area contributed by atoms with Gasteiger partial charge in [0, 0.05) is 13.0 Å². The Morgan fingerprint density at radius 2 is 1.74 bits per heavy atom. The Balaban J connectivity index is 2.27. The number of aliphatic hydroxyl groups is 1. The van der Waals surface area contributed by atoms with Crippen LogP contribution in [-0.4, -0.2) is 36.9 Å². The van der Waals surface area contributed by atoms with Gasteiger partial charge in [-0.15, -0.1) is 0 Å². The number of unbranched alkanes of at least 4 members (excludes halogenated alkanes) is 4. The van der Waals surface area contributed by atoms with E-state index in [1.165, 1.54) is 0 Å². The summed E-state index contributed by atoms with van der Waals surface area (Å²) >= 11 is 0. The molecule has 1 aromatic carbocycles. The van der Waals surface area contributed by atoms with Gasteiger partial charge in [0.05, 0.1) is 11.9 Å². The molecule has 6 nitrogen and oxygen atoms in total. The van der Waals surface area contributed by atoms with E-state index in [0.29, 0.717) is 25.8 Å². The van der Waals surface area contributed by atoms with E-state index in [1.807, 2.05) is 24.3 Å². The number of aliphatic hydroxyl groups excluding tert-OH is 1. The van der Waals surface area contributed by atoms with Crippen molar-refractivity contribution in [1.82, 2.24) is 4.72 Å². The first-order valence-corrected chi connectivity index (χ1v) is 11.5. The Labute approximate surface area is 163 Å². The lowest BCUT2D eigenvalue weighted by Gasteiger charge is -2.11. The summed E-state index contributed by atoms with van der Waals surface area (Å²) in [6.45, 7) is 2.47. The predicted molar refractivity (Wildman–Crippen MR) is 107 cm³/mol. The van der Waals surface area contributed by atoms with Gasteiger partial charge in [-0.2, -0.15) is 0 Å². The minimum atomic E-state index is -3.32. The average molecular weight is 400 g/mol. The Hall–Kier alpha value is -1.44. The zero-order chi connectivity index (χ0) is 20.1. The number of carbonyl (C=O) groups is 1. The van der Waals surface area contributed by atoms with Gasteiger partial charge in [-0.3, -0.25) is 4.79 Å². The molecular formula is C20H33NO5S. The smallest absolute Gasteiger partial charge is 0.303 e. The summed E-state index contributed by atoms with van der Waals surface area (Å²) in [4.78, 5) is 10.4. The number of nitrogens with one attached hydrogen (secondary N) is 1. The predicted octanol–water partition coefficient (Wildman–Crippen LogP) is 3.41. The van der Waals surface area contributed by atoms with Crippen molar-refractivity contribution in [2.24, 2.45) is 0 Å². The van der Waals surface area contributed by atoms with Gasteiger partial charge in [-0.25, -0.2) is 13.1 Å². The van der Waals surface area contributed by atoms with Crippen LogP contribution in [0, 0.1) is 0 Å². The lowest BCUT2D eigenvalue weighted by Crippen LogP contribution is -2.28. The molecule has 3 N–H and O–H groups in total. The van der Waals surface area contributed by atoms with Crippen LogP contribution in [0.25, 0.3) is 0 Å². The van der Waals surface area contributed by atoms with Gasteiger partial charge in [0.25, 0.3) is 0 Å². The molecular weight excluding hydrogens is 366 g/mol. The number of benzene rings is 1. The molecule has 0 aliphatic carbocycles. The van der Waals surface area contributed by atoms with E-state index in [4.69, 9.17) is 5.11 Å². The molecule has 1 aromatic rings. The highest BCUT2D eigenvalue weighted by atomic mass is 32.2. The summed E-state index contributed by atoms with van der Waals surface area (Å²) in [5.41, 5.74) is 1.80. The van der Waals surface area contributed by atoms with E-state index in [2.05, 4.69) is 11.6 Å². The number of aryl methyl sites for hydroxylation is 1. The molecule has 0 bridgehead atoms. The van der Waals surface area contributed by atoms with Crippen molar-refractivity contribution >= 4 is 16.0 Å². The van der Waals surface area contributed by atoms with Crippen molar-refractivity contribution in [2.75, 3.05) is 12.3 Å². The SMILES string of the molecule is CCCCC(O)c1ccc(CCS(=O)(=O)NCCCCCCC(=O)O)cc1. The number of rotatable bonds is 15. The Bertz CT molecular complexity index is 643. The molecule has 27 heavy (non-hydrogen) atoms. The Kier molecular flexibility index (Phi) is 11.2. The third-order valence-corrected chi connectivity index (χ3v) is 5.88. The molecule has 0 radical (unpaired) electrons. The molecule has 0 aliphatic heterocycles. The summed E-state index contributed by atoms with van der Waals surface area (Å²) in [5.74, 6) is -0.761. The van der Waals surface area contributed by atoms with Gasteiger partial charge in [0.15, 0.2) is 0 Å². The highest BCUT2D eigenvalue weighted by molar-refractivity contribution is 7.89. The zero-order valence-corrected chi connectivity index (χ0v) is 17.0. The molecule has 7 heteroatoms. The van der Waals surface area contributed by atoms with E-state index < -0.39 is 22.1 Å². The molecule has 1 unspecified atom stereocenters. The first-order chi connectivity index (χ1) is 12.8. The van der Waals surface area contributed by atoms with Crippen LogP contribution in [0.1, 0.15) is 75.5 Å². The number of hydrogen-bond acceptors (Lipinski definition) is 4. The van der Waals surface area contributed by atoms with Crippen LogP contribution in [0.2, 0.25) is 0 Å². The van der Waals surface area contributed by atoms with Gasteiger partial charge in [-0.1, -0.05) is 56.9 Å². The number of hydrogen-bond donors (Lipinski definition) is 3. The monoisotopic (exact) mass is 399 g/mol. The topological polar surface area (TPSA) is 104 Å². The fourth-order valence-corrected chi connectivity index (χ4v) is 3.88. The highest BCUT2D eigenvalue weighted by Crippen LogP contribution is 2.19. The second kappa shape index (κ2) is 12.9. The summed E-state index contributed by atoms with van der Waals surface area (Å²) < 4.78 is 26.7. The van der Waals surface area contributed by atoms with Crippen LogP contribution >= 0.6 is 0 Å². The van der Waals surface area contributed by atoms with Gasteiger partial charge < -0.3 is 10.2 Å². The third-order valence-electron chi connectivity index (χ3n) is 4.49. The molecule has 0 saturated heterocycles. The highest BCUT2D eigenvalue weighted by Gasteiger charge is 2.11. The van der Waals surface area contributed by atoms with Crippen molar-refractivity contribution in [3.63, 3.8) is 0 Å². The lowest BCUT2D eigenvalue weighted by atomic mass is 10.0. The lowest BCUT2D eigenvalue weighted by molar-refractivity contribution is -0.137. The summed E-state index contributed by atoms with van der Waals surface area (Å²) in [7, 11) is -3.32. The first kappa shape index (κ1) is 23.6. The maximum absolute atomic E-state index is 12.0. The van der Waals surface area contributed by atoms with Gasteiger partial charge in [-0.05, 0) is 36.8 Å². The number of aliphatic carboxylic acids is 1. The number of carboxylic acids is 1. The van der Waals surface area contributed by atoms with Crippen molar-refractivity contribution in [3.05, 3.63) is 35.4 Å². The van der Waals surface area contributed by atoms with E-state index in [0.717, 1.165) is 43.2 Å². The van der Waals surface area contributed by atoms with Gasteiger partial charge in [0.1, 0.15) is 0 Å². The van der Waals surface area contributed by atoms with Gasteiger partial charge in [0.2, 0.25) is 10.0 Å². The van der Waals surface area contributed by atoms with Crippen molar-refractivity contribution in [1.29, 1.82) is 0 Å². The van der Waals surface area contributed by atoms with Crippen LogP contribution in [-0.2, 0) is 21.2 Å². The minimum Gasteiger partial charge on any atom is -0.481 e. The molecule has 1 atom stereocenters. The zero-order valence-electron chi connectivity index (χ0n) is 16.2. The van der Waals surface area contributed by atoms with Crippen LogP contribution in [0.5, 0.6) is 0 Å². The molecule has 0 saturated carbocycles. The molecule has 1 rings (SSSR count). The number of carboxylic acid groups (broad SMARTS) is 1. The van der Waals surface area contributed by atoms with Gasteiger partial charge >= 0.3 is 5.97 Å². The third kappa shape index (κ3) is 11.1. The van der Waals surface area contributed by atoms with E-state index in [9.17, 15) is 18.3 Å². The largest absolute Gasteiger partial charge is 0.481 e. The second-order valence-corrected chi connectivity index (χ2v) is 8.85. The number of sulfonamides is 1. The molecule has 0 heterocycles. The fourth-order valence-electron chi connectivity index (χ4n) is 2.78. The quantitative estimate of drug-likeness (QED) is 0.392. The average Bonchev–Trinajstić information content (AvgIpc) is 2.64. The van der Waals surface area contributed by atoms with E-state index in [1.54, 1.807) is 0 Å². The van der Waals surface area contributed by atoms with Crippen LogP contribution in [0.4, 0.5) is 0 Å². The molecule has 0 spiro atoms. The van der Waals surface area contributed by atoms with E-state index >= 15 is 0 Å². The normalized spacial score (nSPS) is 12.8. The maximum atomic E-state index is 12.0. The standard InChI is InChI=1S/C20H33NO5S/c1-2-3-8-19(22)18-12-10-17(11-13-18)14-16-27(25,26)21-15-7-5-4-6-9-20(23)24/h10-13,19,21-22H,2-9,14-16H2,1H3,(H,23,24).